The standard InChI is InChI=1S/C18H13Cl2NO4S/c1-24-14-5-2-10(7-16-17(22)21-18(23)26-16)6-15(14)25-9-11-3-4-12(19)8-13(11)20/h2-8H,9H2,1H3,(H,21,22,23)/b16-7+. The predicted octanol–water partition coefficient (Wildman–Crippen LogP) is 4.90. The lowest BCUT2D eigenvalue weighted by Crippen LogP contribution is -2.17. The Balaban J connectivity index is 1.83. The van der Waals surface area contributed by atoms with Gasteiger partial charge in [0.05, 0.1) is 12.0 Å². The minimum Gasteiger partial charge on any atom is -0.493 e. The predicted molar refractivity (Wildman–Crippen MR) is 103 cm³/mol. The number of amides is 2. The summed E-state index contributed by atoms with van der Waals surface area (Å²) in [5.74, 6) is 0.616. The summed E-state index contributed by atoms with van der Waals surface area (Å²) in [6.45, 7) is 0.222. The number of nitrogens with one attached hydrogen (secondary N) is 1. The number of halogens is 2. The zero-order valence-corrected chi connectivity index (χ0v) is 15.9. The van der Waals surface area contributed by atoms with Gasteiger partial charge in [-0.25, -0.2) is 0 Å². The number of benzene rings is 2. The Labute approximate surface area is 164 Å². The fourth-order valence-electron chi connectivity index (χ4n) is 2.26. The Bertz CT molecular complexity index is 914. The molecular weight excluding hydrogens is 397 g/mol. The van der Waals surface area contributed by atoms with E-state index in [4.69, 9.17) is 32.7 Å². The largest absolute Gasteiger partial charge is 0.493 e. The van der Waals surface area contributed by atoms with Crippen molar-refractivity contribution in [2.45, 2.75) is 6.61 Å². The third-order valence-electron chi connectivity index (χ3n) is 3.53. The molecule has 0 aromatic heterocycles. The van der Waals surface area contributed by atoms with E-state index >= 15 is 0 Å². The van der Waals surface area contributed by atoms with Crippen molar-refractivity contribution in [2.24, 2.45) is 0 Å². The monoisotopic (exact) mass is 409 g/mol. The minimum atomic E-state index is -0.411. The normalized spacial score (nSPS) is 15.3. The molecule has 0 bridgehead atoms. The maximum atomic E-state index is 11.7. The van der Waals surface area contributed by atoms with E-state index < -0.39 is 5.91 Å². The SMILES string of the molecule is COc1ccc(/C=C2/SC(=O)NC2=O)cc1OCc1ccc(Cl)cc1Cl. The number of ether oxygens (including phenoxy) is 2. The van der Waals surface area contributed by atoms with E-state index in [-0.39, 0.29) is 11.8 Å². The zero-order chi connectivity index (χ0) is 18.7. The van der Waals surface area contributed by atoms with E-state index in [0.717, 1.165) is 17.3 Å². The van der Waals surface area contributed by atoms with Gasteiger partial charge in [-0.3, -0.25) is 14.9 Å². The summed E-state index contributed by atoms with van der Waals surface area (Å²) in [6.07, 6.45) is 1.62. The molecule has 1 aliphatic heterocycles. The summed E-state index contributed by atoms with van der Waals surface area (Å²) in [5.41, 5.74) is 1.48. The molecule has 2 aromatic rings. The Kier molecular flexibility index (Phi) is 5.76. The molecule has 1 aliphatic rings. The van der Waals surface area contributed by atoms with Crippen LogP contribution in [0.1, 0.15) is 11.1 Å². The molecule has 1 N–H and O–H groups in total. The van der Waals surface area contributed by atoms with Gasteiger partial charge in [0.2, 0.25) is 0 Å². The van der Waals surface area contributed by atoms with Crippen LogP contribution >= 0.6 is 35.0 Å². The lowest BCUT2D eigenvalue weighted by Gasteiger charge is -2.12. The summed E-state index contributed by atoms with van der Waals surface area (Å²) in [7, 11) is 1.54. The molecule has 1 heterocycles. The van der Waals surface area contributed by atoms with Crippen LogP contribution < -0.4 is 14.8 Å². The maximum Gasteiger partial charge on any atom is 0.290 e. The van der Waals surface area contributed by atoms with Gasteiger partial charge in [0.15, 0.2) is 11.5 Å². The van der Waals surface area contributed by atoms with Gasteiger partial charge in [-0.2, -0.15) is 0 Å². The molecule has 0 saturated carbocycles. The number of carbonyl (C=O) groups is 2. The smallest absolute Gasteiger partial charge is 0.290 e. The summed E-state index contributed by atoms with van der Waals surface area (Å²) in [4.78, 5) is 23.3. The van der Waals surface area contributed by atoms with Gasteiger partial charge in [0.25, 0.3) is 11.1 Å². The molecule has 1 saturated heterocycles. The Hall–Kier alpha value is -2.15. The van der Waals surface area contributed by atoms with Crippen molar-refractivity contribution in [1.29, 1.82) is 0 Å². The molecule has 26 heavy (non-hydrogen) atoms. The van der Waals surface area contributed by atoms with Crippen LogP contribution in [0.5, 0.6) is 11.5 Å². The van der Waals surface area contributed by atoms with Crippen molar-refractivity contribution in [3.05, 3.63) is 62.5 Å². The maximum absolute atomic E-state index is 11.7. The first-order valence-electron chi connectivity index (χ1n) is 7.46. The number of thioether (sulfide) groups is 1. The fourth-order valence-corrected chi connectivity index (χ4v) is 3.41. The molecule has 1 fully saturated rings. The molecule has 3 rings (SSSR count). The van der Waals surface area contributed by atoms with Gasteiger partial charge in [-0.05, 0) is 47.7 Å². The highest BCUT2D eigenvalue weighted by Crippen LogP contribution is 2.32. The first kappa shape index (κ1) is 18.6. The Morgan fingerprint density at radius 2 is 1.92 bits per heavy atom. The quantitative estimate of drug-likeness (QED) is 0.710. The summed E-state index contributed by atoms with van der Waals surface area (Å²) < 4.78 is 11.1. The average molecular weight is 410 g/mol. The number of rotatable bonds is 5. The number of imide groups is 1. The second kappa shape index (κ2) is 8.03. The van der Waals surface area contributed by atoms with Crippen molar-refractivity contribution >= 4 is 52.2 Å². The third kappa shape index (κ3) is 4.33. The van der Waals surface area contributed by atoms with Crippen molar-refractivity contribution in [3.63, 3.8) is 0 Å². The van der Waals surface area contributed by atoms with Crippen LogP contribution in [0.4, 0.5) is 4.79 Å². The van der Waals surface area contributed by atoms with Gasteiger partial charge in [0.1, 0.15) is 6.61 Å². The van der Waals surface area contributed by atoms with Gasteiger partial charge >= 0.3 is 0 Å². The van der Waals surface area contributed by atoms with Crippen molar-refractivity contribution in [1.82, 2.24) is 5.32 Å². The zero-order valence-electron chi connectivity index (χ0n) is 13.5. The minimum absolute atomic E-state index is 0.222. The molecule has 8 heteroatoms. The molecular formula is C18H13Cl2NO4S. The van der Waals surface area contributed by atoms with Crippen LogP contribution in [-0.2, 0) is 11.4 Å². The summed E-state index contributed by atoms with van der Waals surface area (Å²) in [6, 6.07) is 10.4. The molecule has 134 valence electrons. The first-order valence-corrected chi connectivity index (χ1v) is 9.03. The molecule has 0 aliphatic carbocycles. The molecule has 5 nitrogen and oxygen atoms in total. The topological polar surface area (TPSA) is 64.6 Å². The van der Waals surface area contributed by atoms with Crippen LogP contribution in [0.2, 0.25) is 10.0 Å². The number of methoxy groups -OCH3 is 1. The number of carbonyl (C=O) groups excluding carboxylic acids is 2. The van der Waals surface area contributed by atoms with E-state index in [0.29, 0.717) is 32.0 Å². The second-order valence-electron chi connectivity index (χ2n) is 5.29. The lowest BCUT2D eigenvalue weighted by molar-refractivity contribution is -0.115. The van der Waals surface area contributed by atoms with Crippen molar-refractivity contribution in [3.8, 4) is 11.5 Å². The second-order valence-corrected chi connectivity index (χ2v) is 7.15. The van der Waals surface area contributed by atoms with Gasteiger partial charge in [0, 0.05) is 15.6 Å². The van der Waals surface area contributed by atoms with Crippen LogP contribution in [-0.4, -0.2) is 18.3 Å². The van der Waals surface area contributed by atoms with E-state index in [9.17, 15) is 9.59 Å². The number of hydrogen-bond acceptors (Lipinski definition) is 5. The molecule has 0 radical (unpaired) electrons. The highest BCUT2D eigenvalue weighted by molar-refractivity contribution is 8.18. The molecule has 0 spiro atoms. The van der Waals surface area contributed by atoms with Crippen LogP contribution in [0.25, 0.3) is 6.08 Å². The Morgan fingerprint density at radius 3 is 2.58 bits per heavy atom. The fraction of sp³-hybridized carbons (Fsp3) is 0.111. The highest BCUT2D eigenvalue weighted by Gasteiger charge is 2.25. The van der Waals surface area contributed by atoms with E-state index in [1.54, 1.807) is 42.5 Å². The average Bonchev–Trinajstić information content (AvgIpc) is 2.91. The Morgan fingerprint density at radius 1 is 1.12 bits per heavy atom. The van der Waals surface area contributed by atoms with Gasteiger partial charge < -0.3 is 9.47 Å². The third-order valence-corrected chi connectivity index (χ3v) is 4.92. The van der Waals surface area contributed by atoms with Gasteiger partial charge in [-0.1, -0.05) is 35.3 Å². The van der Waals surface area contributed by atoms with Crippen molar-refractivity contribution < 1.29 is 19.1 Å². The van der Waals surface area contributed by atoms with E-state index in [1.165, 1.54) is 7.11 Å². The molecule has 2 amide bonds. The summed E-state index contributed by atoms with van der Waals surface area (Å²) in [5, 5.41) is 2.89. The summed E-state index contributed by atoms with van der Waals surface area (Å²) >= 11 is 12.9. The van der Waals surface area contributed by atoms with Crippen molar-refractivity contribution in [2.75, 3.05) is 7.11 Å². The highest BCUT2D eigenvalue weighted by atomic mass is 35.5. The molecule has 0 unspecified atom stereocenters. The number of hydrogen-bond donors (Lipinski definition) is 1. The van der Waals surface area contributed by atoms with E-state index in [2.05, 4.69) is 5.32 Å². The first-order chi connectivity index (χ1) is 12.5. The van der Waals surface area contributed by atoms with Crippen LogP contribution in [0, 0.1) is 0 Å². The van der Waals surface area contributed by atoms with Crippen LogP contribution in [0.15, 0.2) is 41.3 Å². The van der Waals surface area contributed by atoms with Gasteiger partial charge in [-0.15, -0.1) is 0 Å². The molecule has 2 aromatic carbocycles. The van der Waals surface area contributed by atoms with E-state index in [1.807, 2.05) is 0 Å². The van der Waals surface area contributed by atoms with Crippen LogP contribution in [0.3, 0.4) is 0 Å². The molecule has 0 atom stereocenters. The lowest BCUT2D eigenvalue weighted by atomic mass is 10.2.